The van der Waals surface area contributed by atoms with E-state index >= 15 is 0 Å². The summed E-state index contributed by atoms with van der Waals surface area (Å²) >= 11 is 0. The number of sulfonamides is 1. The SMILES string of the molecule is CCCCN(C(=O)CN1C[C@H](c2ccc3c(c2)OCO3)[C@@H](C(=O)O)[C@@H]1CCNS(C)(=O)=O)c1cccnc1.COc1ccc([C@H]2CN(C)[C@@H](C)[C@@H]2C(=O)O)cc1.COc1ccc([C@H]2CN(C)[C@@H](C)[C@@H]2C(=O)O)cc1.COc1ccc([C@H]2CN(C)[C@@H](C)[C@@H]2C(=O)O)cc1. The number of methoxy groups -OCH3 is 3. The molecule has 0 saturated carbocycles. The molecule has 4 saturated heterocycles. The summed E-state index contributed by atoms with van der Waals surface area (Å²) in [5, 5.41) is 38.4. The molecular weight excluding hydrogens is 1200 g/mol. The molecule has 10 rings (SSSR count). The summed E-state index contributed by atoms with van der Waals surface area (Å²) in [6.07, 6.45) is 6.29. The topological polar surface area (TPSA) is 288 Å². The largest absolute Gasteiger partial charge is 0.497 e. The van der Waals surface area contributed by atoms with Gasteiger partial charge in [-0.05, 0) is 138 Å². The summed E-state index contributed by atoms with van der Waals surface area (Å²) in [4.78, 5) is 74.5. The Morgan fingerprint density at radius 3 is 1.39 bits per heavy atom. The number of carboxylic acid groups (broad SMARTS) is 4. The number of hydrogen-bond acceptors (Lipinski definition) is 17. The van der Waals surface area contributed by atoms with Crippen LogP contribution in [0.2, 0.25) is 0 Å². The third-order valence-corrected chi connectivity index (χ3v) is 19.6. The van der Waals surface area contributed by atoms with Crippen molar-refractivity contribution in [3.05, 3.63) is 138 Å². The van der Waals surface area contributed by atoms with Crippen molar-refractivity contribution in [2.45, 2.75) is 94.8 Å². The van der Waals surface area contributed by atoms with Crippen LogP contribution in [0.5, 0.6) is 28.7 Å². The number of carbonyl (C=O) groups excluding carboxylic acids is 1. The first-order chi connectivity index (χ1) is 43.8. The number of rotatable bonds is 21. The van der Waals surface area contributed by atoms with Gasteiger partial charge in [0, 0.05) is 93.3 Å². The Morgan fingerprint density at radius 2 is 1.01 bits per heavy atom. The smallest absolute Gasteiger partial charge is 0.308 e. The molecule has 500 valence electrons. The maximum Gasteiger partial charge on any atom is 0.308 e. The van der Waals surface area contributed by atoms with E-state index < -0.39 is 51.8 Å². The second-order valence-electron chi connectivity index (χ2n) is 24.4. The lowest BCUT2D eigenvalue weighted by Gasteiger charge is -2.29. The number of likely N-dealkylation sites (N-methyl/N-ethyl adjacent to an activating group) is 3. The molecule has 92 heavy (non-hydrogen) atoms. The first-order valence-electron chi connectivity index (χ1n) is 31.0. The number of amides is 1. The molecule has 5 aromatic rings. The molecule has 4 aromatic carbocycles. The number of likely N-dealkylation sites (tertiary alicyclic amines) is 4. The van der Waals surface area contributed by atoms with Crippen molar-refractivity contribution in [1.29, 1.82) is 0 Å². The van der Waals surface area contributed by atoms with Crippen LogP contribution in [0, 0.1) is 23.7 Å². The summed E-state index contributed by atoms with van der Waals surface area (Å²) in [5.41, 5.74) is 4.66. The van der Waals surface area contributed by atoms with Gasteiger partial charge < -0.3 is 63.7 Å². The van der Waals surface area contributed by atoms with Gasteiger partial charge in [-0.2, -0.15) is 0 Å². The van der Waals surface area contributed by atoms with Crippen molar-refractivity contribution < 1.29 is 76.5 Å². The molecule has 0 radical (unpaired) electrons. The van der Waals surface area contributed by atoms with Gasteiger partial charge in [0.1, 0.15) is 17.2 Å². The summed E-state index contributed by atoms with van der Waals surface area (Å²) in [5.74, 6) is -1.93. The van der Waals surface area contributed by atoms with Gasteiger partial charge in [-0.25, -0.2) is 13.1 Å². The molecule has 5 aliphatic rings. The van der Waals surface area contributed by atoms with E-state index in [1.54, 1.807) is 56.8 Å². The molecule has 24 heteroatoms. The number of benzene rings is 4. The molecule has 0 bridgehead atoms. The molecule has 5 N–H and O–H groups in total. The van der Waals surface area contributed by atoms with Gasteiger partial charge in [0.2, 0.25) is 22.7 Å². The average Bonchev–Trinajstić information content (AvgIpc) is 1.65. The molecule has 23 nitrogen and oxygen atoms in total. The number of carboxylic acids is 4. The van der Waals surface area contributed by atoms with Crippen LogP contribution in [0.15, 0.2) is 116 Å². The van der Waals surface area contributed by atoms with Crippen molar-refractivity contribution in [3.63, 3.8) is 0 Å². The van der Waals surface area contributed by atoms with Crippen molar-refractivity contribution in [1.82, 2.24) is 29.3 Å². The fourth-order valence-corrected chi connectivity index (χ4v) is 13.9. The second kappa shape index (κ2) is 32.6. The van der Waals surface area contributed by atoms with E-state index in [-0.39, 0.29) is 85.8 Å². The number of pyridine rings is 1. The lowest BCUT2D eigenvalue weighted by atomic mass is 9.84. The van der Waals surface area contributed by atoms with Gasteiger partial charge in [-0.3, -0.25) is 33.9 Å². The third kappa shape index (κ3) is 17.8. The number of unbranched alkanes of at least 4 members (excludes halogenated alkanes) is 1. The summed E-state index contributed by atoms with van der Waals surface area (Å²) in [6, 6.07) is 31.7. The summed E-state index contributed by atoms with van der Waals surface area (Å²) < 4.78 is 52.1. The highest BCUT2D eigenvalue weighted by Gasteiger charge is 2.48. The lowest BCUT2D eigenvalue weighted by Crippen LogP contribution is -2.45. The monoisotopic (exact) mass is 1290 g/mol. The maximum absolute atomic E-state index is 13.6. The standard InChI is InChI=1S/C26H34N4O7S.3C14H19NO3/c1-3-4-12-30(19-6-5-10-27-14-19)24(31)16-29-15-20(18-7-8-22-23(13-18)37-17-36-22)25(26(32)33)21(29)9-11-28-38(2,34)35;3*1-9-13(14(16)17)12(8-15(9)2)10-4-6-11(18-3)7-5-10/h5-8,10,13-14,20-21,25,28H,3-4,9,11-12,15-17H2,1-2H3,(H,32,33);3*4-7,9,12-13H,8H2,1-3H3,(H,16,17)/t20-,21+,25-;3*9-,12+,13-/m1000/s1. The van der Waals surface area contributed by atoms with E-state index in [0.717, 1.165) is 78.2 Å². The number of anilines is 1. The van der Waals surface area contributed by atoms with E-state index in [4.69, 9.17) is 23.7 Å². The number of carbonyl (C=O) groups is 5. The fraction of sp³-hybridized carbons (Fsp3) is 0.500. The van der Waals surface area contributed by atoms with Crippen LogP contribution in [0.25, 0.3) is 0 Å². The second-order valence-corrected chi connectivity index (χ2v) is 26.2. The molecule has 1 amide bonds. The molecule has 6 heterocycles. The van der Waals surface area contributed by atoms with E-state index in [1.807, 2.05) is 139 Å². The Kier molecular flexibility index (Phi) is 25.4. The van der Waals surface area contributed by atoms with Crippen LogP contribution in [0.4, 0.5) is 5.69 Å². The summed E-state index contributed by atoms with van der Waals surface area (Å²) in [6.45, 7) is 11.3. The first-order valence-corrected chi connectivity index (χ1v) is 32.9. The fourth-order valence-electron chi connectivity index (χ4n) is 13.4. The quantitative estimate of drug-likeness (QED) is 0.0475. The highest BCUT2D eigenvalue weighted by molar-refractivity contribution is 7.88. The van der Waals surface area contributed by atoms with E-state index in [0.29, 0.717) is 30.3 Å². The zero-order valence-corrected chi connectivity index (χ0v) is 55.3. The van der Waals surface area contributed by atoms with Crippen molar-refractivity contribution in [2.75, 3.05) is 106 Å². The highest BCUT2D eigenvalue weighted by atomic mass is 32.2. The minimum absolute atomic E-state index is 0.00696. The predicted octanol–water partition coefficient (Wildman–Crippen LogP) is 7.49. The van der Waals surface area contributed by atoms with Crippen molar-refractivity contribution >= 4 is 45.5 Å². The van der Waals surface area contributed by atoms with E-state index in [9.17, 15) is 52.8 Å². The Labute approximate surface area is 540 Å². The van der Waals surface area contributed by atoms with E-state index in [1.165, 1.54) is 0 Å². The van der Waals surface area contributed by atoms with Crippen LogP contribution in [0.1, 0.15) is 92.9 Å². The highest BCUT2D eigenvalue weighted by Crippen LogP contribution is 2.44. The number of nitrogens with one attached hydrogen (secondary N) is 1. The van der Waals surface area contributed by atoms with Gasteiger partial charge >= 0.3 is 23.9 Å². The van der Waals surface area contributed by atoms with Crippen LogP contribution in [-0.4, -0.2) is 209 Å². The third-order valence-electron chi connectivity index (χ3n) is 18.9. The Balaban J connectivity index is 0.000000187. The predicted molar refractivity (Wildman–Crippen MR) is 348 cm³/mol. The Hall–Kier alpha value is -7.87. The number of hydrogen-bond donors (Lipinski definition) is 5. The van der Waals surface area contributed by atoms with Gasteiger partial charge in [0.15, 0.2) is 11.5 Å². The van der Waals surface area contributed by atoms with Gasteiger partial charge in [-0.1, -0.05) is 55.8 Å². The van der Waals surface area contributed by atoms with Gasteiger partial charge in [0.05, 0.1) is 69.7 Å². The number of fused-ring (bicyclic) bond motifs is 1. The van der Waals surface area contributed by atoms with Crippen LogP contribution in [-0.2, 0) is 34.0 Å². The van der Waals surface area contributed by atoms with Crippen LogP contribution in [0.3, 0.4) is 0 Å². The molecule has 0 unspecified atom stereocenters. The zero-order chi connectivity index (χ0) is 67.1. The number of aliphatic carboxylic acids is 4. The molecule has 0 spiro atoms. The van der Waals surface area contributed by atoms with Gasteiger partial charge in [0.25, 0.3) is 0 Å². The minimum Gasteiger partial charge on any atom is -0.497 e. The van der Waals surface area contributed by atoms with Crippen molar-refractivity contribution in [3.8, 4) is 28.7 Å². The van der Waals surface area contributed by atoms with Crippen LogP contribution < -0.4 is 33.3 Å². The first kappa shape index (κ1) is 71.6. The summed E-state index contributed by atoms with van der Waals surface area (Å²) in [7, 11) is 7.35. The number of ether oxygens (including phenoxy) is 5. The minimum atomic E-state index is -3.45. The molecule has 5 aliphatic heterocycles. The Bertz CT molecular complexity index is 3170. The molecule has 4 fully saturated rings. The normalized spacial score (nSPS) is 25.2. The van der Waals surface area contributed by atoms with E-state index in [2.05, 4.69) is 24.4 Å². The molecule has 0 aliphatic carbocycles. The van der Waals surface area contributed by atoms with Gasteiger partial charge in [-0.15, -0.1) is 0 Å². The van der Waals surface area contributed by atoms with Crippen LogP contribution >= 0.6 is 0 Å². The number of nitrogens with zero attached hydrogens (tertiary/aromatic N) is 6. The molecular formula is C68H91N7O16S. The average molecular weight is 1290 g/mol. The molecule has 12 atom stereocenters. The Morgan fingerprint density at radius 1 is 0.598 bits per heavy atom. The lowest BCUT2D eigenvalue weighted by molar-refractivity contribution is -0.144. The number of aromatic nitrogens is 1. The molecule has 1 aromatic heterocycles. The van der Waals surface area contributed by atoms with Crippen molar-refractivity contribution in [2.24, 2.45) is 23.7 Å². The maximum atomic E-state index is 13.6. The zero-order valence-electron chi connectivity index (χ0n) is 54.5.